The molecule has 1 heterocycles. The lowest BCUT2D eigenvalue weighted by Crippen LogP contribution is -2.47. The Balaban J connectivity index is 1.54. The lowest BCUT2D eigenvalue weighted by Gasteiger charge is -2.31. The van der Waals surface area contributed by atoms with Crippen LogP contribution >= 0.6 is 0 Å². The van der Waals surface area contributed by atoms with Gasteiger partial charge in [-0.3, -0.25) is 0 Å². The largest absolute Gasteiger partial charge is 0.486 e. The second-order valence-electron chi connectivity index (χ2n) is 5.82. The summed E-state index contributed by atoms with van der Waals surface area (Å²) in [4.78, 5) is 14.0. The number of halogens is 1. The van der Waals surface area contributed by atoms with Crippen molar-refractivity contribution in [2.45, 2.75) is 19.6 Å². The number of hydrogen-bond acceptors (Lipinski definition) is 3. The maximum Gasteiger partial charge on any atom is 0.317 e. The first kappa shape index (κ1) is 17.1. The summed E-state index contributed by atoms with van der Waals surface area (Å²) in [5.41, 5.74) is 0.718. The van der Waals surface area contributed by atoms with Gasteiger partial charge in [0.05, 0.1) is 6.54 Å². The van der Waals surface area contributed by atoms with Crippen molar-refractivity contribution in [2.24, 2.45) is 0 Å². The quantitative estimate of drug-likeness (QED) is 0.906. The average molecular weight is 344 g/mol. The van der Waals surface area contributed by atoms with Crippen molar-refractivity contribution in [3.05, 3.63) is 59.9 Å². The number of carbonyl (C=O) groups excluding carboxylic acids is 1. The molecule has 5 nitrogen and oxygen atoms in total. The van der Waals surface area contributed by atoms with Crippen LogP contribution in [0.4, 0.5) is 9.18 Å². The molecule has 2 aromatic carbocycles. The summed E-state index contributed by atoms with van der Waals surface area (Å²) >= 11 is 0. The third kappa shape index (κ3) is 4.41. The number of nitrogens with one attached hydrogen (secondary N) is 1. The number of hydrogen-bond donors (Lipinski definition) is 1. The predicted octanol–water partition coefficient (Wildman–Crippen LogP) is 3.20. The Morgan fingerprint density at radius 3 is 2.80 bits per heavy atom. The van der Waals surface area contributed by atoms with E-state index in [4.69, 9.17) is 9.47 Å². The molecule has 1 N–H and O–H groups in total. The van der Waals surface area contributed by atoms with E-state index in [1.54, 1.807) is 17.0 Å². The second kappa shape index (κ2) is 7.88. The van der Waals surface area contributed by atoms with E-state index in [2.05, 4.69) is 5.32 Å². The predicted molar refractivity (Wildman–Crippen MR) is 92.2 cm³/mol. The van der Waals surface area contributed by atoms with E-state index in [1.807, 2.05) is 31.2 Å². The van der Waals surface area contributed by atoms with E-state index in [0.717, 1.165) is 11.3 Å². The number of fused-ring (bicyclic) bond motifs is 1. The molecular weight excluding hydrogens is 323 g/mol. The minimum atomic E-state index is -0.314. The average Bonchev–Trinajstić information content (AvgIpc) is 2.64. The first-order valence-electron chi connectivity index (χ1n) is 8.31. The van der Waals surface area contributed by atoms with Crippen LogP contribution in [0.2, 0.25) is 0 Å². The molecule has 0 saturated carbocycles. The molecule has 0 aromatic heterocycles. The van der Waals surface area contributed by atoms with Gasteiger partial charge in [0, 0.05) is 13.1 Å². The molecule has 0 bridgehead atoms. The van der Waals surface area contributed by atoms with Crippen LogP contribution in [0.1, 0.15) is 12.5 Å². The Morgan fingerprint density at radius 2 is 2.04 bits per heavy atom. The molecular formula is C19H21FN2O3. The van der Waals surface area contributed by atoms with Gasteiger partial charge in [-0.25, -0.2) is 9.18 Å². The number of carbonyl (C=O) groups is 1. The Kier molecular flexibility index (Phi) is 5.38. The maximum atomic E-state index is 13.2. The number of amides is 2. The van der Waals surface area contributed by atoms with Gasteiger partial charge in [-0.1, -0.05) is 24.3 Å². The normalized spacial score (nSPS) is 15.5. The van der Waals surface area contributed by atoms with Crippen LogP contribution in [0.5, 0.6) is 11.5 Å². The summed E-state index contributed by atoms with van der Waals surface area (Å²) in [6, 6.07) is 13.4. The molecule has 1 aliphatic rings. The van der Waals surface area contributed by atoms with Crippen LogP contribution in [-0.4, -0.2) is 36.7 Å². The van der Waals surface area contributed by atoms with Crippen molar-refractivity contribution in [3.8, 4) is 11.5 Å². The zero-order valence-corrected chi connectivity index (χ0v) is 14.1. The number of rotatable bonds is 5. The number of para-hydroxylation sites is 2. The molecule has 0 aliphatic carbocycles. The highest BCUT2D eigenvalue weighted by atomic mass is 19.1. The molecule has 0 fully saturated rings. The molecule has 3 rings (SSSR count). The molecule has 1 unspecified atom stereocenters. The lowest BCUT2D eigenvalue weighted by molar-refractivity contribution is 0.0675. The first-order chi connectivity index (χ1) is 12.2. The van der Waals surface area contributed by atoms with E-state index in [9.17, 15) is 9.18 Å². The fourth-order valence-electron chi connectivity index (χ4n) is 2.69. The fraction of sp³-hybridized carbons (Fsp3) is 0.316. The van der Waals surface area contributed by atoms with Gasteiger partial charge in [-0.05, 0) is 36.8 Å². The summed E-state index contributed by atoms with van der Waals surface area (Å²) in [6.07, 6.45) is -0.227. The van der Waals surface area contributed by atoms with Crippen molar-refractivity contribution in [1.29, 1.82) is 0 Å². The van der Waals surface area contributed by atoms with E-state index in [-0.39, 0.29) is 24.5 Å². The number of urea groups is 1. The minimum absolute atomic E-state index is 0.214. The summed E-state index contributed by atoms with van der Waals surface area (Å²) in [5.74, 6) is 1.10. The van der Waals surface area contributed by atoms with Gasteiger partial charge in [0.25, 0.3) is 0 Å². The standard InChI is InChI=1S/C19H21FN2O3/c1-2-22(19(23)21-11-14-6-5-7-15(20)10-14)12-16-13-24-17-8-3-4-9-18(17)25-16/h3-10,16H,2,11-13H2,1H3,(H,21,23). The summed E-state index contributed by atoms with van der Waals surface area (Å²) in [7, 11) is 0. The second-order valence-corrected chi connectivity index (χ2v) is 5.82. The van der Waals surface area contributed by atoms with Gasteiger partial charge in [0.15, 0.2) is 17.6 Å². The highest BCUT2D eigenvalue weighted by molar-refractivity contribution is 5.74. The van der Waals surface area contributed by atoms with Crippen LogP contribution in [0.15, 0.2) is 48.5 Å². The van der Waals surface area contributed by atoms with Crippen molar-refractivity contribution >= 4 is 6.03 Å². The van der Waals surface area contributed by atoms with Crippen LogP contribution < -0.4 is 14.8 Å². The molecule has 1 aliphatic heterocycles. The van der Waals surface area contributed by atoms with Crippen LogP contribution in [-0.2, 0) is 6.54 Å². The van der Waals surface area contributed by atoms with Crippen molar-refractivity contribution in [1.82, 2.24) is 10.2 Å². The number of benzene rings is 2. The Labute approximate surface area is 146 Å². The number of nitrogens with zero attached hydrogens (tertiary/aromatic N) is 1. The minimum Gasteiger partial charge on any atom is -0.486 e. The lowest BCUT2D eigenvalue weighted by atomic mass is 10.2. The zero-order valence-electron chi connectivity index (χ0n) is 14.1. The topological polar surface area (TPSA) is 50.8 Å². The van der Waals surface area contributed by atoms with Crippen molar-refractivity contribution < 1.29 is 18.7 Å². The summed E-state index contributed by atoms with van der Waals surface area (Å²) in [5, 5.41) is 2.81. The third-order valence-corrected chi connectivity index (χ3v) is 3.99. The fourth-order valence-corrected chi connectivity index (χ4v) is 2.69. The van der Waals surface area contributed by atoms with E-state index in [1.165, 1.54) is 12.1 Å². The molecule has 0 spiro atoms. The maximum absolute atomic E-state index is 13.2. The molecule has 6 heteroatoms. The number of likely N-dealkylation sites (N-methyl/N-ethyl adjacent to an activating group) is 1. The number of ether oxygens (including phenoxy) is 2. The Hall–Kier alpha value is -2.76. The van der Waals surface area contributed by atoms with Gasteiger partial charge >= 0.3 is 6.03 Å². The molecule has 0 radical (unpaired) electrons. The highest BCUT2D eigenvalue weighted by Crippen LogP contribution is 2.30. The molecule has 132 valence electrons. The molecule has 25 heavy (non-hydrogen) atoms. The van der Waals surface area contributed by atoms with E-state index in [0.29, 0.717) is 25.4 Å². The van der Waals surface area contributed by atoms with Crippen molar-refractivity contribution in [3.63, 3.8) is 0 Å². The highest BCUT2D eigenvalue weighted by Gasteiger charge is 2.24. The van der Waals surface area contributed by atoms with Gasteiger partial charge in [-0.2, -0.15) is 0 Å². The third-order valence-electron chi connectivity index (χ3n) is 3.99. The SMILES string of the molecule is CCN(CC1COc2ccccc2O1)C(=O)NCc1cccc(F)c1. The first-order valence-corrected chi connectivity index (χ1v) is 8.31. The molecule has 2 aromatic rings. The molecule has 2 amide bonds. The van der Waals surface area contributed by atoms with Gasteiger partial charge < -0.3 is 19.7 Å². The zero-order chi connectivity index (χ0) is 17.6. The summed E-state index contributed by atoms with van der Waals surface area (Å²) < 4.78 is 24.8. The van der Waals surface area contributed by atoms with Crippen LogP contribution in [0, 0.1) is 5.82 Å². The Bertz CT molecular complexity index is 738. The van der Waals surface area contributed by atoms with Crippen molar-refractivity contribution in [2.75, 3.05) is 19.7 Å². The monoisotopic (exact) mass is 344 g/mol. The van der Waals surface area contributed by atoms with Gasteiger partial charge in [-0.15, -0.1) is 0 Å². The van der Waals surface area contributed by atoms with Gasteiger partial charge in [0.1, 0.15) is 12.4 Å². The van der Waals surface area contributed by atoms with E-state index >= 15 is 0 Å². The Morgan fingerprint density at radius 1 is 1.24 bits per heavy atom. The molecule has 1 atom stereocenters. The van der Waals surface area contributed by atoms with Crippen LogP contribution in [0.3, 0.4) is 0 Å². The van der Waals surface area contributed by atoms with Gasteiger partial charge in [0.2, 0.25) is 0 Å². The molecule has 0 saturated heterocycles. The van der Waals surface area contributed by atoms with E-state index < -0.39 is 0 Å². The smallest absolute Gasteiger partial charge is 0.317 e. The van der Waals surface area contributed by atoms with Crippen LogP contribution in [0.25, 0.3) is 0 Å². The summed E-state index contributed by atoms with van der Waals surface area (Å²) in [6.45, 7) is 3.53.